The first-order valence-corrected chi connectivity index (χ1v) is 9.87. The van der Waals surface area contributed by atoms with Crippen LogP contribution in [0, 0.1) is 5.92 Å². The van der Waals surface area contributed by atoms with Gasteiger partial charge in [0.25, 0.3) is 0 Å². The number of para-hydroxylation sites is 1. The van der Waals surface area contributed by atoms with Gasteiger partial charge in [-0.3, -0.25) is 4.79 Å². The van der Waals surface area contributed by atoms with Gasteiger partial charge in [-0.15, -0.1) is 11.8 Å². The van der Waals surface area contributed by atoms with Gasteiger partial charge in [0, 0.05) is 36.4 Å². The third kappa shape index (κ3) is 3.21. The maximum Gasteiger partial charge on any atom is 0.239 e. The van der Waals surface area contributed by atoms with Crippen molar-refractivity contribution in [1.82, 2.24) is 4.90 Å². The van der Waals surface area contributed by atoms with Gasteiger partial charge >= 0.3 is 0 Å². The minimum Gasteiger partial charge on any atom is -0.508 e. The Morgan fingerprint density at radius 1 is 1.08 bits per heavy atom. The highest BCUT2D eigenvalue weighted by molar-refractivity contribution is 8.01. The van der Waals surface area contributed by atoms with Gasteiger partial charge in [-0.1, -0.05) is 36.4 Å². The van der Waals surface area contributed by atoms with E-state index in [1.54, 1.807) is 23.9 Å². The van der Waals surface area contributed by atoms with Gasteiger partial charge in [0.15, 0.2) is 0 Å². The largest absolute Gasteiger partial charge is 0.508 e. The second-order valence-electron chi connectivity index (χ2n) is 7.23. The van der Waals surface area contributed by atoms with Crippen LogP contribution in [-0.4, -0.2) is 45.5 Å². The second kappa shape index (κ2) is 6.97. The van der Waals surface area contributed by atoms with Crippen LogP contribution in [0.4, 0.5) is 0 Å². The predicted molar refractivity (Wildman–Crippen MR) is 102 cm³/mol. The summed E-state index contributed by atoms with van der Waals surface area (Å²) < 4.78 is -0.352. The van der Waals surface area contributed by atoms with Crippen LogP contribution in [0.3, 0.4) is 0 Å². The van der Waals surface area contributed by atoms with E-state index in [1.165, 1.54) is 0 Å². The number of rotatable bonds is 5. The highest BCUT2D eigenvalue weighted by atomic mass is 32.2. The molecule has 26 heavy (non-hydrogen) atoms. The number of hydrogen-bond donors (Lipinski definition) is 2. The minimum absolute atomic E-state index is 0.0155. The molecule has 4 nitrogen and oxygen atoms in total. The molecule has 0 radical (unpaired) electrons. The lowest BCUT2D eigenvalue weighted by Gasteiger charge is -2.23. The van der Waals surface area contributed by atoms with E-state index in [0.717, 1.165) is 23.3 Å². The molecule has 1 amide bonds. The van der Waals surface area contributed by atoms with Crippen LogP contribution >= 0.6 is 11.8 Å². The molecule has 0 bridgehead atoms. The number of carbonyl (C=O) groups excluding carboxylic acids is 1. The minimum atomic E-state index is -0.352. The van der Waals surface area contributed by atoms with Crippen molar-refractivity contribution in [1.29, 1.82) is 0 Å². The van der Waals surface area contributed by atoms with Crippen molar-refractivity contribution < 1.29 is 15.0 Å². The zero-order valence-electron chi connectivity index (χ0n) is 14.5. The van der Waals surface area contributed by atoms with E-state index in [1.807, 2.05) is 47.4 Å². The summed E-state index contributed by atoms with van der Waals surface area (Å²) in [5.74, 6) is 0.347. The van der Waals surface area contributed by atoms with Crippen molar-refractivity contribution in [2.75, 3.05) is 19.7 Å². The summed E-state index contributed by atoms with van der Waals surface area (Å²) >= 11 is 1.66. The molecule has 1 aliphatic heterocycles. The van der Waals surface area contributed by atoms with Gasteiger partial charge in [0.1, 0.15) is 5.75 Å². The van der Waals surface area contributed by atoms with E-state index < -0.39 is 0 Å². The summed E-state index contributed by atoms with van der Waals surface area (Å²) in [7, 11) is 0. The third-order valence-corrected chi connectivity index (χ3v) is 6.93. The summed E-state index contributed by atoms with van der Waals surface area (Å²) in [6.07, 6.45) is 1.79. The Bertz CT molecular complexity index is 791. The molecule has 2 aromatic rings. The number of likely N-dealkylation sites (tertiary alicyclic amines) is 1. The number of aliphatic hydroxyl groups is 1. The predicted octanol–water partition coefficient (Wildman–Crippen LogP) is 3.25. The van der Waals surface area contributed by atoms with Gasteiger partial charge in [0.05, 0.1) is 4.75 Å². The maximum atomic E-state index is 13.2. The van der Waals surface area contributed by atoms with Crippen molar-refractivity contribution in [3.63, 3.8) is 0 Å². The molecular formula is C21H23NO3S. The van der Waals surface area contributed by atoms with Gasteiger partial charge in [-0.2, -0.15) is 0 Å². The molecule has 2 fully saturated rings. The number of thioether (sulfide) groups is 1. The molecule has 136 valence electrons. The number of phenols is 1. The molecule has 1 aliphatic carbocycles. The molecule has 1 heterocycles. The Hall–Kier alpha value is -1.98. The fraction of sp³-hybridized carbons (Fsp3) is 0.381. The molecule has 4 rings (SSSR count). The van der Waals surface area contributed by atoms with Crippen molar-refractivity contribution in [2.24, 2.45) is 5.92 Å². The highest BCUT2D eigenvalue weighted by Crippen LogP contribution is 2.53. The van der Waals surface area contributed by atoms with Crippen LogP contribution in [0.15, 0.2) is 59.5 Å². The van der Waals surface area contributed by atoms with E-state index in [-0.39, 0.29) is 34.8 Å². The highest BCUT2D eigenvalue weighted by Gasteiger charge is 2.54. The Balaban J connectivity index is 1.52. The summed E-state index contributed by atoms with van der Waals surface area (Å²) in [5.41, 5.74) is 0.822. The van der Waals surface area contributed by atoms with Crippen LogP contribution < -0.4 is 0 Å². The Kier molecular flexibility index (Phi) is 4.67. The van der Waals surface area contributed by atoms with Gasteiger partial charge < -0.3 is 15.1 Å². The first-order valence-electron chi connectivity index (χ1n) is 9.05. The standard InChI is InChI=1S/C21H23NO3S/c23-14-15-12-22(13-18(15)17-8-4-5-9-19(17)24)20(25)21(10-11-21)26-16-6-2-1-3-7-16/h1-9,15,18,23-24H,10-14H2. The average Bonchev–Trinajstić information content (AvgIpc) is 3.32. The number of aromatic hydroxyl groups is 1. The Labute approximate surface area is 157 Å². The third-order valence-electron chi connectivity index (χ3n) is 5.45. The van der Waals surface area contributed by atoms with Crippen LogP contribution in [0.2, 0.25) is 0 Å². The molecule has 2 unspecified atom stereocenters. The van der Waals surface area contributed by atoms with E-state index >= 15 is 0 Å². The molecule has 5 heteroatoms. The first kappa shape index (κ1) is 17.4. The fourth-order valence-corrected chi connectivity index (χ4v) is 5.12. The van der Waals surface area contributed by atoms with Gasteiger partial charge in [-0.05, 0) is 36.6 Å². The van der Waals surface area contributed by atoms with E-state index in [2.05, 4.69) is 0 Å². The van der Waals surface area contributed by atoms with E-state index in [4.69, 9.17) is 0 Å². The van der Waals surface area contributed by atoms with Crippen LogP contribution in [0.1, 0.15) is 24.3 Å². The average molecular weight is 369 g/mol. The van der Waals surface area contributed by atoms with Crippen LogP contribution in [0.25, 0.3) is 0 Å². The summed E-state index contributed by atoms with van der Waals surface area (Å²) in [4.78, 5) is 16.2. The summed E-state index contributed by atoms with van der Waals surface area (Å²) in [6.45, 7) is 1.12. The Morgan fingerprint density at radius 2 is 1.77 bits per heavy atom. The Morgan fingerprint density at radius 3 is 2.42 bits per heavy atom. The summed E-state index contributed by atoms with van der Waals surface area (Å²) in [5, 5.41) is 20.0. The number of benzene rings is 2. The lowest BCUT2D eigenvalue weighted by Crippen LogP contribution is -2.37. The van der Waals surface area contributed by atoms with Crippen LogP contribution in [-0.2, 0) is 4.79 Å². The lowest BCUT2D eigenvalue weighted by molar-refractivity contribution is -0.130. The molecule has 2 atom stereocenters. The molecular weight excluding hydrogens is 346 g/mol. The zero-order valence-corrected chi connectivity index (χ0v) is 15.4. The normalized spacial score (nSPS) is 23.8. The van der Waals surface area contributed by atoms with Crippen LogP contribution in [0.5, 0.6) is 5.75 Å². The first-order chi connectivity index (χ1) is 12.6. The molecule has 1 saturated heterocycles. The van der Waals surface area contributed by atoms with Crippen molar-refractivity contribution in [3.8, 4) is 5.75 Å². The number of nitrogens with zero attached hydrogens (tertiary/aromatic N) is 1. The van der Waals surface area contributed by atoms with Gasteiger partial charge in [0.2, 0.25) is 5.91 Å². The maximum absolute atomic E-state index is 13.2. The molecule has 2 aliphatic rings. The van der Waals surface area contributed by atoms with Crippen molar-refractivity contribution >= 4 is 17.7 Å². The molecule has 0 aromatic heterocycles. The number of aliphatic hydroxyl groups excluding tert-OH is 1. The fourth-order valence-electron chi connectivity index (χ4n) is 3.85. The molecule has 0 spiro atoms. The molecule has 2 aromatic carbocycles. The smallest absolute Gasteiger partial charge is 0.239 e. The lowest BCUT2D eigenvalue weighted by atomic mass is 9.89. The number of amides is 1. The zero-order chi connectivity index (χ0) is 18.1. The van der Waals surface area contributed by atoms with Crippen molar-refractivity contribution in [2.45, 2.75) is 28.4 Å². The van der Waals surface area contributed by atoms with E-state index in [0.29, 0.717) is 13.1 Å². The SMILES string of the molecule is O=C(N1CC(CO)C(c2ccccc2O)C1)C1(Sc2ccccc2)CC1. The molecule has 1 saturated carbocycles. The topological polar surface area (TPSA) is 60.8 Å². The number of hydrogen-bond acceptors (Lipinski definition) is 4. The van der Waals surface area contributed by atoms with Crippen molar-refractivity contribution in [3.05, 3.63) is 60.2 Å². The van der Waals surface area contributed by atoms with E-state index in [9.17, 15) is 15.0 Å². The molecule has 2 N–H and O–H groups in total. The number of phenolic OH excluding ortho intramolecular Hbond substituents is 1. The summed E-state index contributed by atoms with van der Waals surface area (Å²) in [6, 6.07) is 17.3. The quantitative estimate of drug-likeness (QED) is 0.849. The monoisotopic (exact) mass is 369 g/mol. The number of carbonyl (C=O) groups is 1. The van der Waals surface area contributed by atoms with Gasteiger partial charge in [-0.25, -0.2) is 0 Å². The second-order valence-corrected chi connectivity index (χ2v) is 8.68.